The predicted octanol–water partition coefficient (Wildman–Crippen LogP) is 4.75. The van der Waals surface area contributed by atoms with E-state index in [2.05, 4.69) is 24.8 Å². The first kappa shape index (κ1) is 15.0. The number of hydrogen-bond donors (Lipinski definition) is 0. The van der Waals surface area contributed by atoms with Crippen LogP contribution in [-0.2, 0) is 6.42 Å². The fourth-order valence-electron chi connectivity index (χ4n) is 5.96. The van der Waals surface area contributed by atoms with E-state index in [9.17, 15) is 10.1 Å². The Balaban J connectivity index is 1.63. The monoisotopic (exact) mass is 315 g/mol. The Bertz CT molecular complexity index is 644. The molecule has 5 atom stereocenters. The standard InChI is InChI=1S/C19H25NO3/c1-12-3-8-18-17-6-4-13-11-14(23-20(21)22)5-7-15(13)16(17)9-10-19(12,18)2/h5,7,11-12,16-18H,3-4,6,8-10H2,1-2H3. The third-order valence-electron chi connectivity index (χ3n) is 7.35. The topological polar surface area (TPSA) is 52.4 Å². The van der Waals surface area contributed by atoms with Gasteiger partial charge < -0.3 is 0 Å². The van der Waals surface area contributed by atoms with E-state index in [-0.39, 0.29) is 0 Å². The van der Waals surface area contributed by atoms with E-state index in [0.29, 0.717) is 17.1 Å². The maximum Gasteiger partial charge on any atom is 0.299 e. The molecule has 124 valence electrons. The van der Waals surface area contributed by atoms with E-state index in [1.807, 2.05) is 6.07 Å². The van der Waals surface area contributed by atoms with Crippen LogP contribution in [0.5, 0.6) is 5.75 Å². The minimum atomic E-state index is -0.723. The van der Waals surface area contributed by atoms with Crippen LogP contribution >= 0.6 is 0 Å². The van der Waals surface area contributed by atoms with Gasteiger partial charge in [-0.3, -0.25) is 4.84 Å². The van der Waals surface area contributed by atoms with Crippen LogP contribution in [0.4, 0.5) is 0 Å². The van der Waals surface area contributed by atoms with E-state index in [1.54, 1.807) is 6.07 Å². The molecule has 1 aromatic carbocycles. The Hall–Kier alpha value is -1.58. The van der Waals surface area contributed by atoms with Gasteiger partial charge in [-0.2, -0.15) is 0 Å². The van der Waals surface area contributed by atoms with Crippen LogP contribution in [0.3, 0.4) is 0 Å². The first-order chi connectivity index (χ1) is 11.0. The van der Waals surface area contributed by atoms with Crippen LogP contribution in [0.25, 0.3) is 0 Å². The van der Waals surface area contributed by atoms with E-state index < -0.39 is 5.09 Å². The van der Waals surface area contributed by atoms with Crippen molar-refractivity contribution in [2.75, 3.05) is 0 Å². The molecule has 5 unspecified atom stereocenters. The largest absolute Gasteiger partial charge is 0.299 e. The van der Waals surface area contributed by atoms with Crippen molar-refractivity contribution in [2.45, 2.75) is 58.3 Å². The van der Waals surface area contributed by atoms with Gasteiger partial charge in [-0.05, 0) is 90.9 Å². The van der Waals surface area contributed by atoms with Crippen LogP contribution < -0.4 is 4.84 Å². The second kappa shape index (κ2) is 5.22. The second-order valence-corrected chi connectivity index (χ2v) is 8.11. The molecule has 0 heterocycles. The van der Waals surface area contributed by atoms with Gasteiger partial charge in [0.2, 0.25) is 0 Å². The van der Waals surface area contributed by atoms with Crippen molar-refractivity contribution in [3.05, 3.63) is 39.4 Å². The third kappa shape index (κ3) is 2.26. The highest BCUT2D eigenvalue weighted by Gasteiger charge is 2.53. The molecule has 2 fully saturated rings. The molecule has 2 saturated carbocycles. The van der Waals surface area contributed by atoms with E-state index >= 15 is 0 Å². The summed E-state index contributed by atoms with van der Waals surface area (Å²) in [7, 11) is 0. The van der Waals surface area contributed by atoms with Gasteiger partial charge in [-0.25, -0.2) is 0 Å². The summed E-state index contributed by atoms with van der Waals surface area (Å²) in [6.45, 7) is 4.97. The molecule has 0 aromatic heterocycles. The van der Waals surface area contributed by atoms with E-state index in [0.717, 1.165) is 24.2 Å². The highest BCUT2D eigenvalue weighted by atomic mass is 17.0. The second-order valence-electron chi connectivity index (χ2n) is 8.11. The Labute approximate surface area is 137 Å². The maximum atomic E-state index is 10.5. The molecule has 4 heteroatoms. The molecule has 4 rings (SSSR count). The van der Waals surface area contributed by atoms with E-state index in [4.69, 9.17) is 0 Å². The molecule has 0 radical (unpaired) electrons. The Kier molecular flexibility index (Phi) is 3.40. The van der Waals surface area contributed by atoms with Crippen molar-refractivity contribution in [1.29, 1.82) is 0 Å². The summed E-state index contributed by atoms with van der Waals surface area (Å²) >= 11 is 0. The van der Waals surface area contributed by atoms with Gasteiger partial charge in [0.25, 0.3) is 5.09 Å². The normalized spacial score (nSPS) is 38.3. The first-order valence-corrected chi connectivity index (χ1v) is 8.94. The van der Waals surface area contributed by atoms with Crippen LogP contribution in [0, 0.1) is 33.3 Å². The van der Waals surface area contributed by atoms with Gasteiger partial charge in [-0.1, -0.05) is 19.9 Å². The number of nitrogens with zero attached hydrogens (tertiary/aromatic N) is 1. The molecule has 3 aliphatic carbocycles. The van der Waals surface area contributed by atoms with Crippen molar-refractivity contribution in [2.24, 2.45) is 23.2 Å². The number of hydrogen-bond acceptors (Lipinski definition) is 3. The molecule has 1 aromatic rings. The zero-order valence-electron chi connectivity index (χ0n) is 14.0. The van der Waals surface area contributed by atoms with Crippen LogP contribution in [0.2, 0.25) is 0 Å². The molecule has 0 spiro atoms. The summed E-state index contributed by atoms with van der Waals surface area (Å²) in [5, 5.41) is 9.82. The Morgan fingerprint density at radius 2 is 2.09 bits per heavy atom. The lowest BCUT2D eigenvalue weighted by atomic mass is 9.54. The maximum absolute atomic E-state index is 10.5. The smallest absolute Gasteiger partial charge is 0.276 e. The van der Waals surface area contributed by atoms with Gasteiger partial charge in [0, 0.05) is 0 Å². The average Bonchev–Trinajstić information content (AvgIpc) is 2.82. The van der Waals surface area contributed by atoms with Gasteiger partial charge in [0.15, 0.2) is 0 Å². The molecule has 0 saturated heterocycles. The third-order valence-corrected chi connectivity index (χ3v) is 7.35. The molecule has 0 aliphatic heterocycles. The summed E-state index contributed by atoms with van der Waals surface area (Å²) < 4.78 is 0. The summed E-state index contributed by atoms with van der Waals surface area (Å²) in [5.41, 5.74) is 3.23. The zero-order valence-corrected chi connectivity index (χ0v) is 14.0. The lowest BCUT2D eigenvalue weighted by molar-refractivity contribution is -0.711. The Morgan fingerprint density at radius 3 is 2.87 bits per heavy atom. The lowest BCUT2D eigenvalue weighted by Gasteiger charge is -2.50. The molecule has 4 nitrogen and oxygen atoms in total. The van der Waals surface area contributed by atoms with E-state index in [1.165, 1.54) is 43.2 Å². The van der Waals surface area contributed by atoms with Crippen molar-refractivity contribution >= 4 is 0 Å². The molecule has 3 aliphatic rings. The van der Waals surface area contributed by atoms with Crippen LogP contribution in [0.15, 0.2) is 18.2 Å². The number of fused-ring (bicyclic) bond motifs is 5. The number of benzene rings is 1. The zero-order chi connectivity index (χ0) is 16.2. The Morgan fingerprint density at radius 1 is 1.26 bits per heavy atom. The summed E-state index contributed by atoms with van der Waals surface area (Å²) in [6.07, 6.45) is 7.62. The van der Waals surface area contributed by atoms with Crippen LogP contribution in [0.1, 0.15) is 63.0 Å². The molecule has 23 heavy (non-hydrogen) atoms. The minimum Gasteiger partial charge on any atom is -0.276 e. The summed E-state index contributed by atoms with van der Waals surface area (Å²) in [4.78, 5) is 15.2. The van der Waals surface area contributed by atoms with Crippen molar-refractivity contribution < 1.29 is 9.92 Å². The van der Waals surface area contributed by atoms with Crippen molar-refractivity contribution in [3.63, 3.8) is 0 Å². The highest BCUT2D eigenvalue weighted by Crippen LogP contribution is 2.62. The molecular formula is C19H25NO3. The highest BCUT2D eigenvalue weighted by molar-refractivity contribution is 5.40. The van der Waals surface area contributed by atoms with Crippen LogP contribution in [-0.4, -0.2) is 5.09 Å². The average molecular weight is 315 g/mol. The summed E-state index contributed by atoms with van der Waals surface area (Å²) in [6, 6.07) is 5.75. The fourth-order valence-corrected chi connectivity index (χ4v) is 5.96. The van der Waals surface area contributed by atoms with Crippen molar-refractivity contribution in [3.8, 4) is 5.75 Å². The summed E-state index contributed by atoms with van der Waals surface area (Å²) in [5.74, 6) is 3.52. The number of aryl methyl sites for hydroxylation is 1. The molecule has 0 bridgehead atoms. The fraction of sp³-hybridized carbons (Fsp3) is 0.684. The quantitative estimate of drug-likeness (QED) is 0.584. The van der Waals surface area contributed by atoms with Gasteiger partial charge >= 0.3 is 0 Å². The van der Waals surface area contributed by atoms with Gasteiger partial charge in [-0.15, -0.1) is 10.1 Å². The lowest BCUT2D eigenvalue weighted by Crippen LogP contribution is -2.41. The molecular weight excluding hydrogens is 290 g/mol. The molecule has 0 N–H and O–H groups in total. The minimum absolute atomic E-state index is 0.363. The predicted molar refractivity (Wildman–Crippen MR) is 87.8 cm³/mol. The first-order valence-electron chi connectivity index (χ1n) is 8.94. The van der Waals surface area contributed by atoms with Crippen molar-refractivity contribution in [1.82, 2.24) is 0 Å². The SMILES string of the molecule is CC1CCC2C3CCc4cc(O[N+](=O)[O-])ccc4C3CCC12C. The van der Waals surface area contributed by atoms with Gasteiger partial charge in [0.05, 0.1) is 0 Å². The van der Waals surface area contributed by atoms with Gasteiger partial charge in [0.1, 0.15) is 5.75 Å². The molecule has 0 amide bonds. The number of rotatable bonds is 2.